The van der Waals surface area contributed by atoms with Gasteiger partial charge in [0.05, 0.1) is 12.6 Å². The van der Waals surface area contributed by atoms with Crippen molar-refractivity contribution >= 4 is 5.91 Å². The van der Waals surface area contributed by atoms with Crippen molar-refractivity contribution in [3.63, 3.8) is 0 Å². The molecule has 100 valence electrons. The van der Waals surface area contributed by atoms with Crippen LogP contribution in [0.3, 0.4) is 0 Å². The van der Waals surface area contributed by atoms with Gasteiger partial charge in [0.15, 0.2) is 0 Å². The highest BCUT2D eigenvalue weighted by molar-refractivity contribution is 5.77. The molecule has 0 aromatic heterocycles. The van der Waals surface area contributed by atoms with Crippen molar-refractivity contribution in [1.29, 1.82) is 0 Å². The van der Waals surface area contributed by atoms with Gasteiger partial charge in [-0.2, -0.15) is 0 Å². The van der Waals surface area contributed by atoms with Gasteiger partial charge in [0.25, 0.3) is 0 Å². The van der Waals surface area contributed by atoms with Crippen LogP contribution in [0.5, 0.6) is 5.75 Å². The Morgan fingerprint density at radius 3 is 2.83 bits per heavy atom. The van der Waals surface area contributed by atoms with Crippen LogP contribution in [-0.4, -0.2) is 18.6 Å². The summed E-state index contributed by atoms with van der Waals surface area (Å²) in [5, 5.41) is 2.76. The molecule has 0 bridgehead atoms. The molecule has 0 spiro atoms. The van der Waals surface area contributed by atoms with Gasteiger partial charge in [0, 0.05) is 12.1 Å². The second-order valence-corrected chi connectivity index (χ2v) is 4.43. The summed E-state index contributed by atoms with van der Waals surface area (Å²) in [6.07, 6.45) is 1.11. The molecule has 0 radical (unpaired) electrons. The van der Waals surface area contributed by atoms with E-state index in [4.69, 9.17) is 10.5 Å². The van der Waals surface area contributed by atoms with Gasteiger partial charge in [0.2, 0.25) is 5.91 Å². The van der Waals surface area contributed by atoms with Crippen LogP contribution in [0.15, 0.2) is 18.2 Å². The largest absolute Gasteiger partial charge is 0.490 e. The van der Waals surface area contributed by atoms with E-state index >= 15 is 0 Å². The maximum atomic E-state index is 11.2. The van der Waals surface area contributed by atoms with E-state index in [-0.39, 0.29) is 18.6 Å². The van der Waals surface area contributed by atoms with E-state index in [0.717, 1.165) is 23.3 Å². The Bertz CT molecular complexity index is 405. The number of carbonyl (C=O) groups is 1. The highest BCUT2D eigenvalue weighted by Gasteiger charge is 2.08. The molecule has 1 unspecified atom stereocenters. The van der Waals surface area contributed by atoms with E-state index in [0.29, 0.717) is 6.54 Å². The normalized spacial score (nSPS) is 12.0. The maximum absolute atomic E-state index is 11.2. The van der Waals surface area contributed by atoms with Gasteiger partial charge in [-0.3, -0.25) is 4.79 Å². The van der Waals surface area contributed by atoms with Gasteiger partial charge >= 0.3 is 0 Å². The molecule has 0 aliphatic heterocycles. The molecule has 1 aromatic carbocycles. The summed E-state index contributed by atoms with van der Waals surface area (Å²) in [6, 6.07) is 5.98. The second-order valence-electron chi connectivity index (χ2n) is 4.43. The molecule has 0 aliphatic rings. The van der Waals surface area contributed by atoms with Gasteiger partial charge in [-0.05, 0) is 31.9 Å². The molecule has 1 amide bonds. The van der Waals surface area contributed by atoms with E-state index in [1.54, 1.807) is 0 Å². The van der Waals surface area contributed by atoms with Gasteiger partial charge in [0.1, 0.15) is 5.75 Å². The summed E-state index contributed by atoms with van der Waals surface area (Å²) in [7, 11) is 0. The van der Waals surface area contributed by atoms with Crippen molar-refractivity contribution in [3.05, 3.63) is 29.3 Å². The van der Waals surface area contributed by atoms with Crippen molar-refractivity contribution in [2.45, 2.75) is 39.8 Å². The van der Waals surface area contributed by atoms with Gasteiger partial charge in [-0.25, -0.2) is 0 Å². The quantitative estimate of drug-likeness (QED) is 0.808. The molecule has 1 atom stereocenters. The third-order valence-electron chi connectivity index (χ3n) is 2.79. The summed E-state index contributed by atoms with van der Waals surface area (Å²) >= 11 is 0. The number of amides is 1. The summed E-state index contributed by atoms with van der Waals surface area (Å²) in [6.45, 7) is 6.59. The van der Waals surface area contributed by atoms with Crippen LogP contribution in [-0.2, 0) is 11.3 Å². The van der Waals surface area contributed by atoms with Gasteiger partial charge < -0.3 is 15.8 Å². The highest BCUT2D eigenvalue weighted by Crippen LogP contribution is 2.22. The van der Waals surface area contributed by atoms with E-state index in [1.165, 1.54) is 0 Å². The number of nitrogens with two attached hydrogens (primary N) is 1. The number of benzene rings is 1. The maximum Gasteiger partial charge on any atom is 0.234 e. The first-order chi connectivity index (χ1) is 8.56. The molecule has 3 N–H and O–H groups in total. The number of nitrogens with one attached hydrogen (secondary N) is 1. The fourth-order valence-corrected chi connectivity index (χ4v) is 1.48. The van der Waals surface area contributed by atoms with E-state index in [1.807, 2.05) is 32.0 Å². The van der Waals surface area contributed by atoms with Crippen molar-refractivity contribution in [2.75, 3.05) is 6.54 Å². The fourth-order valence-electron chi connectivity index (χ4n) is 1.48. The molecule has 4 heteroatoms. The lowest BCUT2D eigenvalue weighted by molar-refractivity contribution is -0.119. The number of aryl methyl sites for hydroxylation is 1. The lowest BCUT2D eigenvalue weighted by Gasteiger charge is -2.17. The minimum Gasteiger partial charge on any atom is -0.490 e. The standard InChI is InChI=1S/C14H22N2O2/c1-4-11(3)18-13-7-10(2)5-6-12(13)9-16-14(17)8-15/h5-7,11H,4,8-9,15H2,1-3H3,(H,16,17). The minimum absolute atomic E-state index is 0.00736. The van der Waals surface area contributed by atoms with Crippen LogP contribution in [0.4, 0.5) is 0 Å². The van der Waals surface area contributed by atoms with E-state index in [2.05, 4.69) is 12.2 Å². The number of ether oxygens (including phenoxy) is 1. The molecular formula is C14H22N2O2. The molecule has 1 aromatic rings. The van der Waals surface area contributed by atoms with Crippen molar-refractivity contribution in [1.82, 2.24) is 5.32 Å². The van der Waals surface area contributed by atoms with Crippen LogP contribution < -0.4 is 15.8 Å². The SMILES string of the molecule is CCC(C)Oc1cc(C)ccc1CNC(=O)CN. The third-order valence-corrected chi connectivity index (χ3v) is 2.79. The zero-order valence-corrected chi connectivity index (χ0v) is 11.3. The Labute approximate surface area is 109 Å². The number of carbonyl (C=O) groups excluding carboxylic acids is 1. The van der Waals surface area contributed by atoms with Crippen LogP contribution in [0.25, 0.3) is 0 Å². The minimum atomic E-state index is -0.162. The van der Waals surface area contributed by atoms with Crippen molar-refractivity contribution in [2.24, 2.45) is 5.73 Å². The van der Waals surface area contributed by atoms with Crippen LogP contribution in [0.1, 0.15) is 31.4 Å². The number of hydrogen-bond donors (Lipinski definition) is 2. The van der Waals surface area contributed by atoms with E-state index < -0.39 is 0 Å². The molecule has 18 heavy (non-hydrogen) atoms. The zero-order valence-electron chi connectivity index (χ0n) is 11.3. The van der Waals surface area contributed by atoms with Crippen molar-refractivity contribution < 1.29 is 9.53 Å². The summed E-state index contributed by atoms with van der Waals surface area (Å²) in [5.74, 6) is 0.673. The summed E-state index contributed by atoms with van der Waals surface area (Å²) < 4.78 is 5.86. The lowest BCUT2D eigenvalue weighted by Crippen LogP contribution is -2.30. The molecule has 0 saturated carbocycles. The molecule has 0 fully saturated rings. The average molecular weight is 250 g/mol. The van der Waals surface area contributed by atoms with Crippen LogP contribution in [0, 0.1) is 6.92 Å². The smallest absolute Gasteiger partial charge is 0.234 e. The molecule has 0 saturated heterocycles. The Balaban J connectivity index is 2.79. The van der Waals surface area contributed by atoms with Crippen LogP contribution >= 0.6 is 0 Å². The first-order valence-corrected chi connectivity index (χ1v) is 6.29. The summed E-state index contributed by atoms with van der Waals surface area (Å²) in [5.41, 5.74) is 7.37. The predicted molar refractivity (Wildman–Crippen MR) is 72.5 cm³/mol. The Morgan fingerprint density at radius 2 is 2.22 bits per heavy atom. The first-order valence-electron chi connectivity index (χ1n) is 6.29. The number of rotatable bonds is 6. The molecule has 4 nitrogen and oxygen atoms in total. The lowest BCUT2D eigenvalue weighted by atomic mass is 10.1. The topological polar surface area (TPSA) is 64.3 Å². The van der Waals surface area contributed by atoms with Crippen LogP contribution in [0.2, 0.25) is 0 Å². The Hall–Kier alpha value is -1.55. The molecule has 0 aliphatic carbocycles. The van der Waals surface area contributed by atoms with Gasteiger partial charge in [-0.1, -0.05) is 19.1 Å². The Morgan fingerprint density at radius 1 is 1.50 bits per heavy atom. The summed E-state index contributed by atoms with van der Waals surface area (Å²) in [4.78, 5) is 11.2. The molecular weight excluding hydrogens is 228 g/mol. The monoisotopic (exact) mass is 250 g/mol. The van der Waals surface area contributed by atoms with Gasteiger partial charge in [-0.15, -0.1) is 0 Å². The second kappa shape index (κ2) is 7.01. The molecule has 1 rings (SSSR count). The first kappa shape index (κ1) is 14.5. The predicted octanol–water partition coefficient (Wildman–Crippen LogP) is 1.75. The number of hydrogen-bond acceptors (Lipinski definition) is 3. The highest BCUT2D eigenvalue weighted by atomic mass is 16.5. The average Bonchev–Trinajstić information content (AvgIpc) is 2.37. The zero-order chi connectivity index (χ0) is 13.5. The third kappa shape index (κ3) is 4.37. The van der Waals surface area contributed by atoms with Crippen molar-refractivity contribution in [3.8, 4) is 5.75 Å². The van der Waals surface area contributed by atoms with E-state index in [9.17, 15) is 4.79 Å². The Kier molecular flexibility index (Phi) is 5.65. The molecule has 0 heterocycles. The fraction of sp³-hybridized carbons (Fsp3) is 0.500.